The molecule has 0 atom stereocenters. The van der Waals surface area contributed by atoms with Gasteiger partial charge in [-0.25, -0.2) is 8.42 Å². The van der Waals surface area contributed by atoms with Crippen LogP contribution in [0.5, 0.6) is 0 Å². The van der Waals surface area contributed by atoms with Crippen molar-refractivity contribution in [2.75, 3.05) is 23.0 Å². The third-order valence-corrected chi connectivity index (χ3v) is 5.74. The minimum absolute atomic E-state index is 0.187. The van der Waals surface area contributed by atoms with Crippen LogP contribution in [-0.4, -0.2) is 25.7 Å². The van der Waals surface area contributed by atoms with Gasteiger partial charge in [0.25, 0.3) is 0 Å². The summed E-state index contributed by atoms with van der Waals surface area (Å²) in [5.74, 6) is 0.960. The summed E-state index contributed by atoms with van der Waals surface area (Å²) in [4.78, 5) is 0.868. The van der Waals surface area contributed by atoms with E-state index in [0.717, 1.165) is 4.90 Å². The van der Waals surface area contributed by atoms with Crippen molar-refractivity contribution in [3.63, 3.8) is 0 Å². The molecule has 0 amide bonds. The van der Waals surface area contributed by atoms with E-state index in [0.29, 0.717) is 22.9 Å². The smallest absolute Gasteiger partial charge is 0.151 e. The Morgan fingerprint density at radius 2 is 2.06 bits per heavy atom. The normalized spacial score (nSPS) is 11.6. The maximum absolute atomic E-state index is 11.5. The summed E-state index contributed by atoms with van der Waals surface area (Å²) in [6.07, 6.45) is 0.662. The topological polar surface area (TPSA) is 60.2 Å². The van der Waals surface area contributed by atoms with Gasteiger partial charge in [0.05, 0.1) is 10.8 Å². The number of hydrogen-bond acceptors (Lipinski definition) is 4. The van der Waals surface area contributed by atoms with Gasteiger partial charge in [0, 0.05) is 22.1 Å². The fourth-order valence-corrected chi connectivity index (χ4v) is 4.43. The van der Waals surface area contributed by atoms with Crippen molar-refractivity contribution in [3.05, 3.63) is 23.2 Å². The van der Waals surface area contributed by atoms with Crippen molar-refractivity contribution in [1.82, 2.24) is 0 Å². The van der Waals surface area contributed by atoms with Crippen LogP contribution in [0.4, 0.5) is 5.69 Å². The largest absolute Gasteiger partial charge is 0.399 e. The molecule has 0 saturated heterocycles. The van der Waals surface area contributed by atoms with Gasteiger partial charge in [-0.1, -0.05) is 18.5 Å². The number of benzene rings is 1. The molecule has 96 valence electrons. The van der Waals surface area contributed by atoms with E-state index in [1.807, 2.05) is 13.0 Å². The van der Waals surface area contributed by atoms with Crippen LogP contribution in [0.25, 0.3) is 0 Å². The Bertz CT molecular complexity index is 474. The van der Waals surface area contributed by atoms with Crippen molar-refractivity contribution in [1.29, 1.82) is 0 Å². The van der Waals surface area contributed by atoms with E-state index in [1.54, 1.807) is 12.1 Å². The number of halogens is 1. The summed E-state index contributed by atoms with van der Waals surface area (Å²) in [5.41, 5.74) is 6.18. The maximum atomic E-state index is 11.5. The van der Waals surface area contributed by atoms with Gasteiger partial charge in [0.1, 0.15) is 0 Å². The fourth-order valence-electron chi connectivity index (χ4n) is 1.33. The Balaban J connectivity index is 2.51. The highest BCUT2D eigenvalue weighted by molar-refractivity contribution is 8.00. The average molecular weight is 294 g/mol. The molecule has 0 aromatic heterocycles. The molecule has 0 saturated carbocycles. The molecule has 1 rings (SSSR count). The van der Waals surface area contributed by atoms with E-state index in [9.17, 15) is 8.42 Å². The molecule has 1 aromatic rings. The number of rotatable bonds is 6. The number of nitrogens with two attached hydrogens (primary N) is 1. The molecule has 0 unspecified atom stereocenters. The van der Waals surface area contributed by atoms with Crippen molar-refractivity contribution in [2.24, 2.45) is 0 Å². The van der Waals surface area contributed by atoms with Gasteiger partial charge in [-0.3, -0.25) is 0 Å². The first-order chi connectivity index (χ1) is 7.94. The number of hydrogen-bond donors (Lipinski definition) is 1. The lowest BCUT2D eigenvalue weighted by Crippen LogP contribution is -2.12. The molecular weight excluding hydrogens is 278 g/mol. The molecule has 0 aliphatic carbocycles. The van der Waals surface area contributed by atoms with Crippen LogP contribution in [0.1, 0.15) is 13.3 Å². The molecule has 0 fully saturated rings. The molecule has 0 aliphatic rings. The number of anilines is 1. The van der Waals surface area contributed by atoms with Gasteiger partial charge < -0.3 is 5.73 Å². The fraction of sp³-hybridized carbons (Fsp3) is 0.455. The molecule has 0 radical (unpaired) electrons. The van der Waals surface area contributed by atoms with E-state index in [1.165, 1.54) is 11.8 Å². The van der Waals surface area contributed by atoms with E-state index in [-0.39, 0.29) is 11.5 Å². The van der Waals surface area contributed by atoms with Crippen LogP contribution in [0.2, 0.25) is 5.02 Å². The Morgan fingerprint density at radius 3 is 2.65 bits per heavy atom. The lowest BCUT2D eigenvalue weighted by atomic mass is 10.3. The molecule has 2 N–H and O–H groups in total. The quantitative estimate of drug-likeness (QED) is 0.647. The highest BCUT2D eigenvalue weighted by Crippen LogP contribution is 2.28. The average Bonchev–Trinajstić information content (AvgIpc) is 2.21. The second-order valence-corrected chi connectivity index (χ2v) is 7.54. The van der Waals surface area contributed by atoms with Crippen LogP contribution in [0.15, 0.2) is 23.1 Å². The Labute approximate surface area is 112 Å². The van der Waals surface area contributed by atoms with E-state index in [4.69, 9.17) is 17.3 Å². The van der Waals surface area contributed by atoms with Crippen molar-refractivity contribution >= 4 is 38.9 Å². The van der Waals surface area contributed by atoms with Gasteiger partial charge in [-0.2, -0.15) is 0 Å². The standard InChI is InChI=1S/C11H16ClNO2S2/c1-2-6-17(14,15)7-5-16-11-4-3-9(13)8-10(11)12/h3-4,8H,2,5-7,13H2,1H3. The second kappa shape index (κ2) is 6.52. The Morgan fingerprint density at radius 1 is 1.35 bits per heavy atom. The first kappa shape index (κ1) is 14.7. The van der Waals surface area contributed by atoms with Gasteiger partial charge in [0.15, 0.2) is 9.84 Å². The van der Waals surface area contributed by atoms with E-state index >= 15 is 0 Å². The van der Waals surface area contributed by atoms with Crippen LogP contribution in [-0.2, 0) is 9.84 Å². The van der Waals surface area contributed by atoms with Crippen molar-refractivity contribution in [2.45, 2.75) is 18.2 Å². The monoisotopic (exact) mass is 293 g/mol. The van der Waals surface area contributed by atoms with Crippen LogP contribution in [0.3, 0.4) is 0 Å². The molecular formula is C11H16ClNO2S2. The molecule has 3 nitrogen and oxygen atoms in total. The molecule has 17 heavy (non-hydrogen) atoms. The minimum Gasteiger partial charge on any atom is -0.399 e. The minimum atomic E-state index is -2.91. The third-order valence-electron chi connectivity index (χ3n) is 2.12. The number of nitrogen functional groups attached to an aromatic ring is 1. The van der Waals surface area contributed by atoms with Gasteiger partial charge in [0.2, 0.25) is 0 Å². The summed E-state index contributed by atoms with van der Waals surface area (Å²) < 4.78 is 23.0. The van der Waals surface area contributed by atoms with Crippen LogP contribution < -0.4 is 5.73 Å². The highest BCUT2D eigenvalue weighted by Gasteiger charge is 2.10. The number of thioether (sulfide) groups is 1. The highest BCUT2D eigenvalue weighted by atomic mass is 35.5. The Kier molecular flexibility index (Phi) is 5.62. The maximum Gasteiger partial charge on any atom is 0.151 e. The predicted octanol–water partition coefficient (Wildman–Crippen LogP) is 2.84. The molecule has 0 heterocycles. The molecule has 0 bridgehead atoms. The van der Waals surface area contributed by atoms with Crippen molar-refractivity contribution in [3.8, 4) is 0 Å². The number of sulfone groups is 1. The van der Waals surface area contributed by atoms with E-state index in [2.05, 4.69) is 0 Å². The van der Waals surface area contributed by atoms with E-state index < -0.39 is 9.84 Å². The zero-order chi connectivity index (χ0) is 12.9. The molecule has 1 aromatic carbocycles. The summed E-state index contributed by atoms with van der Waals surface area (Å²) >= 11 is 7.43. The zero-order valence-electron chi connectivity index (χ0n) is 9.65. The van der Waals surface area contributed by atoms with Crippen LogP contribution >= 0.6 is 23.4 Å². The molecule has 0 aliphatic heterocycles. The zero-order valence-corrected chi connectivity index (χ0v) is 12.0. The summed E-state index contributed by atoms with van der Waals surface area (Å²) in [7, 11) is -2.91. The lowest BCUT2D eigenvalue weighted by Gasteiger charge is -2.05. The second-order valence-electron chi connectivity index (χ2n) is 3.69. The van der Waals surface area contributed by atoms with Gasteiger partial charge in [-0.15, -0.1) is 11.8 Å². The SMILES string of the molecule is CCCS(=O)(=O)CCSc1ccc(N)cc1Cl. The molecule has 6 heteroatoms. The van der Waals surface area contributed by atoms with Gasteiger partial charge >= 0.3 is 0 Å². The van der Waals surface area contributed by atoms with Gasteiger partial charge in [-0.05, 0) is 24.6 Å². The Hall–Kier alpha value is -0.390. The van der Waals surface area contributed by atoms with Crippen LogP contribution in [0, 0.1) is 0 Å². The molecule has 0 spiro atoms. The third kappa shape index (κ3) is 5.19. The summed E-state index contributed by atoms with van der Waals surface area (Å²) in [6, 6.07) is 5.24. The predicted molar refractivity (Wildman–Crippen MR) is 75.5 cm³/mol. The lowest BCUT2D eigenvalue weighted by molar-refractivity contribution is 0.596. The van der Waals surface area contributed by atoms with Crippen molar-refractivity contribution < 1.29 is 8.42 Å². The summed E-state index contributed by atoms with van der Waals surface area (Å²) in [5, 5.41) is 0.572. The first-order valence-electron chi connectivity index (χ1n) is 5.33. The summed E-state index contributed by atoms with van der Waals surface area (Å²) in [6.45, 7) is 1.86. The first-order valence-corrected chi connectivity index (χ1v) is 8.51.